The summed E-state index contributed by atoms with van der Waals surface area (Å²) in [6.45, 7) is 5.89. The first-order valence-electron chi connectivity index (χ1n) is 9.99. The van der Waals surface area contributed by atoms with E-state index in [1.54, 1.807) is 16.4 Å². The van der Waals surface area contributed by atoms with Gasteiger partial charge in [-0.1, -0.05) is 36.0 Å². The Morgan fingerprint density at radius 2 is 1.86 bits per heavy atom. The van der Waals surface area contributed by atoms with E-state index in [0.29, 0.717) is 5.75 Å². The summed E-state index contributed by atoms with van der Waals surface area (Å²) in [5, 5.41) is 13.0. The number of hydrogen-bond acceptors (Lipinski definition) is 5. The number of carbonyl (C=O) groups is 1. The monoisotopic (exact) mass is 407 g/mol. The highest BCUT2D eigenvalue weighted by Gasteiger charge is 2.18. The van der Waals surface area contributed by atoms with E-state index < -0.39 is 0 Å². The van der Waals surface area contributed by atoms with Gasteiger partial charge in [-0.3, -0.25) is 4.79 Å². The summed E-state index contributed by atoms with van der Waals surface area (Å²) < 4.78 is 1.79. The molecule has 0 bridgehead atoms. The summed E-state index contributed by atoms with van der Waals surface area (Å²) in [7, 11) is 0. The van der Waals surface area contributed by atoms with Crippen molar-refractivity contribution < 1.29 is 4.79 Å². The molecule has 3 aromatic rings. The molecule has 0 saturated carbocycles. The van der Waals surface area contributed by atoms with Crippen LogP contribution < -0.4 is 0 Å². The van der Waals surface area contributed by atoms with Gasteiger partial charge in [0.15, 0.2) is 0 Å². The Hall–Kier alpha value is -2.67. The highest BCUT2D eigenvalue weighted by molar-refractivity contribution is 7.98. The van der Waals surface area contributed by atoms with Crippen molar-refractivity contribution in [1.82, 2.24) is 25.1 Å². The van der Waals surface area contributed by atoms with Gasteiger partial charge in [0.2, 0.25) is 5.16 Å². The molecule has 0 N–H and O–H groups in total. The minimum absolute atomic E-state index is 0.136. The number of aromatic nitrogens is 4. The van der Waals surface area contributed by atoms with Gasteiger partial charge in [0.25, 0.3) is 5.91 Å². The van der Waals surface area contributed by atoms with Crippen LogP contribution in [-0.2, 0) is 5.75 Å². The van der Waals surface area contributed by atoms with Crippen molar-refractivity contribution in [2.75, 3.05) is 13.1 Å². The molecule has 4 rings (SSSR count). The van der Waals surface area contributed by atoms with Crippen molar-refractivity contribution in [3.8, 4) is 5.69 Å². The molecular weight excluding hydrogens is 382 g/mol. The molecule has 1 aliphatic rings. The number of piperidine rings is 1. The van der Waals surface area contributed by atoms with Gasteiger partial charge in [-0.05, 0) is 78.4 Å². The van der Waals surface area contributed by atoms with Gasteiger partial charge in [-0.2, -0.15) is 4.68 Å². The number of benzene rings is 2. The van der Waals surface area contributed by atoms with Crippen LogP contribution >= 0.6 is 11.8 Å². The summed E-state index contributed by atoms with van der Waals surface area (Å²) in [5.41, 5.74) is 5.22. The normalized spacial score (nSPS) is 14.2. The van der Waals surface area contributed by atoms with Gasteiger partial charge in [0.05, 0.1) is 5.69 Å². The van der Waals surface area contributed by atoms with Gasteiger partial charge in [0, 0.05) is 24.4 Å². The van der Waals surface area contributed by atoms with Gasteiger partial charge in [-0.25, -0.2) is 0 Å². The summed E-state index contributed by atoms with van der Waals surface area (Å²) >= 11 is 1.57. The van der Waals surface area contributed by atoms with Crippen LogP contribution in [0.2, 0.25) is 0 Å². The van der Waals surface area contributed by atoms with Gasteiger partial charge >= 0.3 is 0 Å². The Labute approximate surface area is 175 Å². The molecule has 0 spiro atoms. The van der Waals surface area contributed by atoms with E-state index >= 15 is 0 Å². The van der Waals surface area contributed by atoms with Crippen molar-refractivity contribution in [3.63, 3.8) is 0 Å². The average molecular weight is 408 g/mol. The highest BCUT2D eigenvalue weighted by atomic mass is 32.2. The van der Waals surface area contributed by atoms with Crippen LogP contribution in [0.5, 0.6) is 0 Å². The standard InChI is InChI=1S/C22H25N5OS/c1-16-8-6-11-20(17(16)2)27-22(23-24-25-27)29-15-18-9-7-10-19(14-18)21(28)26-12-4-3-5-13-26/h6-11,14H,3-5,12-13,15H2,1-2H3. The second-order valence-electron chi connectivity index (χ2n) is 7.43. The Morgan fingerprint density at radius 1 is 1.07 bits per heavy atom. The first-order chi connectivity index (χ1) is 14.1. The maximum atomic E-state index is 12.8. The number of hydrogen-bond donors (Lipinski definition) is 0. The number of amides is 1. The maximum absolute atomic E-state index is 12.8. The van der Waals surface area contributed by atoms with Crippen molar-refractivity contribution in [2.24, 2.45) is 0 Å². The fourth-order valence-electron chi connectivity index (χ4n) is 3.61. The average Bonchev–Trinajstić information content (AvgIpc) is 3.23. The lowest BCUT2D eigenvalue weighted by Gasteiger charge is -2.26. The molecule has 1 saturated heterocycles. The summed E-state index contributed by atoms with van der Waals surface area (Å²) in [6, 6.07) is 14.0. The zero-order valence-corrected chi connectivity index (χ0v) is 17.7. The van der Waals surface area contributed by atoms with Crippen molar-refractivity contribution >= 4 is 17.7 Å². The molecule has 2 heterocycles. The lowest BCUT2D eigenvalue weighted by molar-refractivity contribution is 0.0724. The minimum atomic E-state index is 0.136. The zero-order chi connectivity index (χ0) is 20.2. The molecule has 0 aliphatic carbocycles. The minimum Gasteiger partial charge on any atom is -0.339 e. The van der Waals surface area contributed by atoms with Crippen LogP contribution in [0.4, 0.5) is 0 Å². The number of thioether (sulfide) groups is 1. The number of aryl methyl sites for hydroxylation is 1. The summed E-state index contributed by atoms with van der Waals surface area (Å²) in [6.07, 6.45) is 3.42. The molecule has 6 nitrogen and oxygen atoms in total. The number of nitrogens with zero attached hydrogens (tertiary/aromatic N) is 5. The Morgan fingerprint density at radius 3 is 2.69 bits per heavy atom. The maximum Gasteiger partial charge on any atom is 0.253 e. The van der Waals surface area contributed by atoms with E-state index in [0.717, 1.165) is 53.5 Å². The van der Waals surface area contributed by atoms with E-state index in [-0.39, 0.29) is 5.91 Å². The van der Waals surface area contributed by atoms with Crippen LogP contribution in [0.15, 0.2) is 47.6 Å². The molecule has 0 unspecified atom stereocenters. The second-order valence-corrected chi connectivity index (χ2v) is 8.38. The molecule has 1 aromatic heterocycles. The smallest absolute Gasteiger partial charge is 0.253 e. The van der Waals surface area contributed by atoms with E-state index in [1.165, 1.54) is 12.0 Å². The van der Waals surface area contributed by atoms with Crippen LogP contribution in [0, 0.1) is 13.8 Å². The molecule has 2 aromatic carbocycles. The van der Waals surface area contributed by atoms with E-state index in [4.69, 9.17) is 0 Å². The first kappa shape index (κ1) is 19.6. The van der Waals surface area contributed by atoms with Gasteiger partial charge in [0.1, 0.15) is 0 Å². The summed E-state index contributed by atoms with van der Waals surface area (Å²) in [5.74, 6) is 0.837. The Balaban J connectivity index is 1.49. The van der Waals surface area contributed by atoms with Crippen LogP contribution in [0.25, 0.3) is 5.69 Å². The predicted octanol–water partition coefficient (Wildman–Crippen LogP) is 4.20. The number of carbonyl (C=O) groups excluding carboxylic acids is 1. The molecule has 0 radical (unpaired) electrons. The van der Waals surface area contributed by atoms with Crippen molar-refractivity contribution in [2.45, 2.75) is 44.0 Å². The predicted molar refractivity (Wildman–Crippen MR) is 114 cm³/mol. The lowest BCUT2D eigenvalue weighted by Crippen LogP contribution is -2.35. The third kappa shape index (κ3) is 4.34. The fraction of sp³-hybridized carbons (Fsp3) is 0.364. The second kappa shape index (κ2) is 8.78. The SMILES string of the molecule is Cc1cccc(-n2nnnc2SCc2cccc(C(=O)N3CCCCC3)c2)c1C. The third-order valence-corrected chi connectivity index (χ3v) is 6.42. The van der Waals surface area contributed by atoms with E-state index in [1.807, 2.05) is 41.3 Å². The highest BCUT2D eigenvalue weighted by Crippen LogP contribution is 2.25. The number of rotatable bonds is 5. The first-order valence-corrected chi connectivity index (χ1v) is 11.0. The fourth-order valence-corrected chi connectivity index (χ4v) is 4.43. The van der Waals surface area contributed by atoms with Gasteiger partial charge in [-0.15, -0.1) is 5.10 Å². The van der Waals surface area contributed by atoms with E-state index in [2.05, 4.69) is 35.4 Å². The lowest BCUT2D eigenvalue weighted by atomic mass is 10.1. The molecule has 1 amide bonds. The van der Waals surface area contributed by atoms with Crippen molar-refractivity contribution in [3.05, 3.63) is 64.7 Å². The molecule has 1 aliphatic heterocycles. The Kier molecular flexibility index (Phi) is 5.94. The third-order valence-electron chi connectivity index (χ3n) is 5.43. The quantitative estimate of drug-likeness (QED) is 0.593. The molecule has 150 valence electrons. The molecule has 7 heteroatoms. The van der Waals surface area contributed by atoms with Crippen LogP contribution in [-0.4, -0.2) is 44.1 Å². The number of tetrazole rings is 1. The topological polar surface area (TPSA) is 63.9 Å². The van der Waals surface area contributed by atoms with E-state index in [9.17, 15) is 4.79 Å². The molecular formula is C22H25N5OS. The zero-order valence-electron chi connectivity index (χ0n) is 16.8. The van der Waals surface area contributed by atoms with Gasteiger partial charge < -0.3 is 4.90 Å². The molecule has 29 heavy (non-hydrogen) atoms. The Bertz CT molecular complexity index is 1010. The van der Waals surface area contributed by atoms with Crippen LogP contribution in [0.3, 0.4) is 0 Å². The molecule has 1 fully saturated rings. The van der Waals surface area contributed by atoms with Crippen molar-refractivity contribution in [1.29, 1.82) is 0 Å². The largest absolute Gasteiger partial charge is 0.339 e. The summed E-state index contributed by atoms with van der Waals surface area (Å²) in [4.78, 5) is 14.7. The molecule has 0 atom stereocenters. The van der Waals surface area contributed by atoms with Crippen LogP contribution in [0.1, 0.15) is 46.3 Å². The number of likely N-dealkylation sites (tertiary alicyclic amines) is 1.